The molecule has 3 rings (SSSR count). The Bertz CT molecular complexity index is 1000. The van der Waals surface area contributed by atoms with E-state index in [4.69, 9.17) is 0 Å². The molecule has 0 spiro atoms. The minimum Gasteiger partial charge on any atom is -0.355 e. The number of fused-ring (bicyclic) bond motifs is 1. The lowest BCUT2D eigenvalue weighted by atomic mass is 10.0. The van der Waals surface area contributed by atoms with Gasteiger partial charge in [-0.05, 0) is 48.7 Å². The van der Waals surface area contributed by atoms with Gasteiger partial charge in [0.2, 0.25) is 5.91 Å². The van der Waals surface area contributed by atoms with Gasteiger partial charge in [0.05, 0.1) is 16.1 Å². The van der Waals surface area contributed by atoms with Gasteiger partial charge in [0, 0.05) is 26.2 Å². The molecule has 8 heteroatoms. The fraction of sp³-hybridized carbons (Fsp3) is 0.263. The monoisotopic (exact) mass is 387 g/mol. The van der Waals surface area contributed by atoms with Crippen molar-refractivity contribution in [2.24, 2.45) is 0 Å². The van der Waals surface area contributed by atoms with Crippen molar-refractivity contribution >= 4 is 33.2 Å². The van der Waals surface area contributed by atoms with Gasteiger partial charge in [0.15, 0.2) is 0 Å². The summed E-state index contributed by atoms with van der Waals surface area (Å²) in [6.07, 6.45) is 1.49. The molecule has 0 fully saturated rings. The average Bonchev–Trinajstić information content (AvgIpc) is 2.66. The first-order valence-electron chi connectivity index (χ1n) is 8.58. The summed E-state index contributed by atoms with van der Waals surface area (Å²) in [6, 6.07) is 11.1. The summed E-state index contributed by atoms with van der Waals surface area (Å²) >= 11 is 0. The molecule has 2 aromatic carbocycles. The molecule has 0 saturated heterocycles. The van der Waals surface area contributed by atoms with Crippen molar-refractivity contribution < 1.29 is 18.0 Å². The molecule has 0 aromatic heterocycles. The van der Waals surface area contributed by atoms with Crippen LogP contribution in [0, 0.1) is 0 Å². The number of hydrogen-bond acceptors (Lipinski definition) is 4. The van der Waals surface area contributed by atoms with Gasteiger partial charge in [0.1, 0.15) is 0 Å². The number of hydrogen-bond donors (Lipinski definition) is 2. The van der Waals surface area contributed by atoms with E-state index in [-0.39, 0.29) is 28.0 Å². The van der Waals surface area contributed by atoms with E-state index < -0.39 is 10.0 Å². The first-order chi connectivity index (χ1) is 12.8. The van der Waals surface area contributed by atoms with E-state index in [0.717, 1.165) is 17.7 Å². The second kappa shape index (κ2) is 7.40. The van der Waals surface area contributed by atoms with Crippen LogP contribution in [0.25, 0.3) is 0 Å². The molecule has 0 saturated carbocycles. The molecular formula is C19H21N3O4S. The fourth-order valence-electron chi connectivity index (χ4n) is 3.18. The van der Waals surface area contributed by atoms with Gasteiger partial charge in [0.25, 0.3) is 15.9 Å². The first-order valence-corrected chi connectivity index (χ1v) is 10.1. The van der Waals surface area contributed by atoms with Gasteiger partial charge in [-0.1, -0.05) is 12.1 Å². The van der Waals surface area contributed by atoms with Crippen molar-refractivity contribution in [1.29, 1.82) is 0 Å². The molecular weight excluding hydrogens is 366 g/mol. The lowest BCUT2D eigenvalue weighted by Crippen LogP contribution is -2.33. The molecule has 0 radical (unpaired) electrons. The van der Waals surface area contributed by atoms with Crippen LogP contribution in [0.1, 0.15) is 29.3 Å². The number of benzene rings is 2. The molecule has 2 amide bonds. The van der Waals surface area contributed by atoms with Gasteiger partial charge in [-0.3, -0.25) is 14.3 Å². The van der Waals surface area contributed by atoms with Gasteiger partial charge in [-0.2, -0.15) is 0 Å². The van der Waals surface area contributed by atoms with E-state index in [1.54, 1.807) is 35.2 Å². The number of carbonyl (C=O) groups excluding carboxylic acids is 2. The van der Waals surface area contributed by atoms with E-state index in [9.17, 15) is 18.0 Å². The number of amides is 2. The number of rotatable bonds is 4. The fourth-order valence-corrected chi connectivity index (χ4v) is 4.31. The van der Waals surface area contributed by atoms with Crippen LogP contribution in [0.5, 0.6) is 0 Å². The highest BCUT2D eigenvalue weighted by Crippen LogP contribution is 2.30. The Hall–Kier alpha value is -2.87. The van der Waals surface area contributed by atoms with E-state index >= 15 is 0 Å². The Morgan fingerprint density at radius 2 is 1.85 bits per heavy atom. The Labute approximate surface area is 158 Å². The standard InChI is InChI=1S/C19H21N3O4S/c1-13(23)22-11-5-6-14-12-15(9-10-18(14)22)27(25,26)21-17-8-4-3-7-16(17)19(24)20-2/h3-4,7-10,12,21H,5-6,11H2,1-2H3,(H,20,24). The van der Waals surface area contributed by atoms with Crippen LogP contribution in [-0.2, 0) is 21.2 Å². The van der Waals surface area contributed by atoms with Crippen LogP contribution >= 0.6 is 0 Å². The molecule has 0 aliphatic carbocycles. The molecule has 2 N–H and O–H groups in total. The summed E-state index contributed by atoms with van der Waals surface area (Å²) in [6.45, 7) is 2.13. The number of sulfonamides is 1. The van der Waals surface area contributed by atoms with Crippen molar-refractivity contribution in [3.8, 4) is 0 Å². The number of para-hydroxylation sites is 1. The Kier molecular flexibility index (Phi) is 5.18. The van der Waals surface area contributed by atoms with E-state index in [1.807, 2.05) is 0 Å². The minimum absolute atomic E-state index is 0.0656. The zero-order valence-electron chi connectivity index (χ0n) is 15.2. The Balaban J connectivity index is 1.95. The highest BCUT2D eigenvalue weighted by atomic mass is 32.2. The Morgan fingerprint density at radius 3 is 2.56 bits per heavy atom. The summed E-state index contributed by atoms with van der Waals surface area (Å²) in [4.78, 5) is 25.5. The lowest BCUT2D eigenvalue weighted by molar-refractivity contribution is -0.116. The van der Waals surface area contributed by atoms with E-state index in [1.165, 1.54) is 26.1 Å². The number of nitrogens with one attached hydrogen (secondary N) is 2. The molecule has 1 aliphatic heterocycles. The normalized spacial score (nSPS) is 13.6. The van der Waals surface area contributed by atoms with Gasteiger partial charge >= 0.3 is 0 Å². The van der Waals surface area contributed by atoms with Crippen molar-refractivity contribution in [3.05, 3.63) is 53.6 Å². The molecule has 27 heavy (non-hydrogen) atoms. The van der Waals surface area contributed by atoms with Crippen molar-refractivity contribution in [1.82, 2.24) is 5.32 Å². The second-order valence-corrected chi connectivity index (χ2v) is 7.98. The van der Waals surface area contributed by atoms with Gasteiger partial charge in [-0.25, -0.2) is 8.42 Å². The van der Waals surface area contributed by atoms with Crippen LogP contribution in [0.4, 0.5) is 11.4 Å². The summed E-state index contributed by atoms with van der Waals surface area (Å²) < 4.78 is 28.2. The second-order valence-electron chi connectivity index (χ2n) is 6.29. The van der Waals surface area contributed by atoms with Crippen LogP contribution in [0.15, 0.2) is 47.4 Å². The molecule has 1 aliphatic rings. The molecule has 0 unspecified atom stereocenters. The molecule has 0 atom stereocenters. The largest absolute Gasteiger partial charge is 0.355 e. The number of carbonyl (C=O) groups is 2. The zero-order chi connectivity index (χ0) is 19.6. The van der Waals surface area contributed by atoms with Crippen LogP contribution in [0.3, 0.4) is 0 Å². The van der Waals surface area contributed by atoms with Crippen LogP contribution in [-0.4, -0.2) is 33.8 Å². The third-order valence-electron chi connectivity index (χ3n) is 4.50. The number of aryl methyl sites for hydroxylation is 1. The maximum absolute atomic E-state index is 12.8. The highest BCUT2D eigenvalue weighted by molar-refractivity contribution is 7.92. The van der Waals surface area contributed by atoms with Crippen molar-refractivity contribution in [3.63, 3.8) is 0 Å². The molecule has 7 nitrogen and oxygen atoms in total. The summed E-state index contributed by atoms with van der Waals surface area (Å²) in [7, 11) is -2.40. The van der Waals surface area contributed by atoms with Gasteiger partial charge in [-0.15, -0.1) is 0 Å². The maximum atomic E-state index is 12.8. The number of anilines is 2. The smallest absolute Gasteiger partial charge is 0.261 e. The predicted octanol–water partition coefficient (Wildman–Crippen LogP) is 2.15. The summed E-state index contributed by atoms with van der Waals surface area (Å²) in [5.74, 6) is -0.444. The quantitative estimate of drug-likeness (QED) is 0.840. The zero-order valence-corrected chi connectivity index (χ0v) is 16.0. The topological polar surface area (TPSA) is 95.6 Å². The average molecular weight is 387 g/mol. The number of nitrogens with zero attached hydrogens (tertiary/aromatic N) is 1. The van der Waals surface area contributed by atoms with E-state index in [2.05, 4.69) is 10.0 Å². The Morgan fingerprint density at radius 1 is 1.11 bits per heavy atom. The predicted molar refractivity (Wildman–Crippen MR) is 103 cm³/mol. The van der Waals surface area contributed by atoms with E-state index in [0.29, 0.717) is 13.0 Å². The van der Waals surface area contributed by atoms with Crippen LogP contribution < -0.4 is 14.9 Å². The minimum atomic E-state index is -3.88. The third-order valence-corrected chi connectivity index (χ3v) is 5.87. The van der Waals surface area contributed by atoms with Crippen molar-refractivity contribution in [2.75, 3.05) is 23.2 Å². The van der Waals surface area contributed by atoms with Gasteiger partial charge < -0.3 is 10.2 Å². The first kappa shape index (κ1) is 18.9. The van der Waals surface area contributed by atoms with Crippen molar-refractivity contribution in [2.45, 2.75) is 24.7 Å². The summed E-state index contributed by atoms with van der Waals surface area (Å²) in [5, 5.41) is 2.49. The molecule has 142 valence electrons. The molecule has 1 heterocycles. The molecule has 0 bridgehead atoms. The molecule has 2 aromatic rings. The lowest BCUT2D eigenvalue weighted by Gasteiger charge is -2.28. The SMILES string of the molecule is CNC(=O)c1ccccc1NS(=O)(=O)c1ccc2c(c1)CCCN2C(C)=O. The maximum Gasteiger partial charge on any atom is 0.261 e. The van der Waals surface area contributed by atoms with Crippen LogP contribution in [0.2, 0.25) is 0 Å². The third kappa shape index (κ3) is 3.80. The summed E-state index contributed by atoms with van der Waals surface area (Å²) in [5.41, 5.74) is 2.02. The highest BCUT2D eigenvalue weighted by Gasteiger charge is 2.24.